The molecule has 1 saturated carbocycles. The molecule has 0 aliphatic heterocycles. The Morgan fingerprint density at radius 1 is 1.38 bits per heavy atom. The van der Waals surface area contributed by atoms with Crippen molar-refractivity contribution in [1.82, 2.24) is 5.32 Å². The van der Waals surface area contributed by atoms with Crippen molar-refractivity contribution in [2.75, 3.05) is 6.26 Å². The second-order valence-corrected chi connectivity index (χ2v) is 5.88. The van der Waals surface area contributed by atoms with Gasteiger partial charge in [-0.1, -0.05) is 29.8 Å². The summed E-state index contributed by atoms with van der Waals surface area (Å²) in [6.45, 7) is 3.18. The van der Waals surface area contributed by atoms with Crippen LogP contribution in [0.4, 0.5) is 0 Å². The number of benzene rings is 1. The smallest absolute Gasteiger partial charge is 0.0208 e. The Hall–Kier alpha value is -0.470. The fourth-order valence-electron chi connectivity index (χ4n) is 2.42. The summed E-state index contributed by atoms with van der Waals surface area (Å²) in [6.07, 6.45) is 6.30. The molecule has 0 bridgehead atoms. The zero-order valence-corrected chi connectivity index (χ0v) is 11.0. The summed E-state index contributed by atoms with van der Waals surface area (Å²) in [5, 5.41) is 4.56. The minimum absolute atomic E-state index is 0.734. The highest BCUT2D eigenvalue weighted by molar-refractivity contribution is 7.99. The highest BCUT2D eigenvalue weighted by Crippen LogP contribution is 2.28. The third-order valence-electron chi connectivity index (χ3n) is 3.40. The number of hydrogen-bond donors (Lipinski definition) is 1. The van der Waals surface area contributed by atoms with Crippen LogP contribution < -0.4 is 5.32 Å². The summed E-state index contributed by atoms with van der Waals surface area (Å²) >= 11 is 2.02. The van der Waals surface area contributed by atoms with Crippen LogP contribution in [0, 0.1) is 6.92 Å². The van der Waals surface area contributed by atoms with Crippen molar-refractivity contribution >= 4 is 11.8 Å². The van der Waals surface area contributed by atoms with E-state index in [4.69, 9.17) is 0 Å². The molecular formula is C14H21NS. The first-order chi connectivity index (χ1) is 7.78. The third kappa shape index (κ3) is 3.26. The zero-order chi connectivity index (χ0) is 11.4. The number of aryl methyl sites for hydroxylation is 1. The van der Waals surface area contributed by atoms with Crippen LogP contribution in [0.2, 0.25) is 0 Å². The first-order valence-electron chi connectivity index (χ1n) is 6.09. The van der Waals surface area contributed by atoms with Crippen LogP contribution in [0.15, 0.2) is 24.3 Å². The van der Waals surface area contributed by atoms with Crippen LogP contribution in [0.25, 0.3) is 0 Å². The first-order valence-corrected chi connectivity index (χ1v) is 7.38. The van der Waals surface area contributed by atoms with Crippen molar-refractivity contribution in [3.63, 3.8) is 0 Å². The van der Waals surface area contributed by atoms with Crippen LogP contribution >= 0.6 is 11.8 Å². The molecular weight excluding hydrogens is 214 g/mol. The van der Waals surface area contributed by atoms with Crippen LogP contribution in [0.5, 0.6) is 0 Å². The van der Waals surface area contributed by atoms with E-state index in [-0.39, 0.29) is 0 Å². The van der Waals surface area contributed by atoms with E-state index in [9.17, 15) is 0 Å². The molecule has 1 N–H and O–H groups in total. The third-order valence-corrected chi connectivity index (χ3v) is 4.49. The van der Waals surface area contributed by atoms with Gasteiger partial charge in [0.25, 0.3) is 0 Å². The molecule has 1 aliphatic carbocycles. The highest BCUT2D eigenvalue weighted by Gasteiger charge is 2.22. The largest absolute Gasteiger partial charge is 0.310 e. The van der Waals surface area contributed by atoms with Gasteiger partial charge in [0, 0.05) is 17.8 Å². The first kappa shape index (κ1) is 12.0. The summed E-state index contributed by atoms with van der Waals surface area (Å²) in [4.78, 5) is 0. The molecule has 16 heavy (non-hydrogen) atoms. The standard InChI is InChI=1S/C14H21NS/c1-11-4-3-5-12(8-11)10-15-13-6-7-14(9-13)16-2/h3-5,8,13-15H,6-7,9-10H2,1-2H3. The number of nitrogens with one attached hydrogen (secondary N) is 1. The maximum Gasteiger partial charge on any atom is 0.0208 e. The van der Waals surface area contributed by atoms with Gasteiger partial charge in [-0.2, -0.15) is 11.8 Å². The Morgan fingerprint density at radius 2 is 2.25 bits per heavy atom. The van der Waals surface area contributed by atoms with Gasteiger partial charge in [-0.3, -0.25) is 0 Å². The van der Waals surface area contributed by atoms with Crippen LogP contribution in [-0.4, -0.2) is 17.5 Å². The van der Waals surface area contributed by atoms with Gasteiger partial charge in [0.1, 0.15) is 0 Å². The molecule has 0 heterocycles. The molecule has 0 amide bonds. The maximum absolute atomic E-state index is 3.68. The van der Waals surface area contributed by atoms with Gasteiger partial charge in [0.15, 0.2) is 0 Å². The number of thioether (sulfide) groups is 1. The second-order valence-electron chi connectivity index (χ2n) is 4.74. The van der Waals surface area contributed by atoms with E-state index in [0.717, 1.165) is 17.8 Å². The van der Waals surface area contributed by atoms with E-state index in [2.05, 4.69) is 42.8 Å². The molecule has 1 nitrogen and oxygen atoms in total. The molecule has 2 atom stereocenters. The SMILES string of the molecule is CSC1CCC(NCc2cccc(C)c2)C1. The van der Waals surface area contributed by atoms with Gasteiger partial charge in [-0.25, -0.2) is 0 Å². The van der Waals surface area contributed by atoms with Gasteiger partial charge >= 0.3 is 0 Å². The van der Waals surface area contributed by atoms with Gasteiger partial charge < -0.3 is 5.32 Å². The maximum atomic E-state index is 3.68. The average molecular weight is 235 g/mol. The Balaban J connectivity index is 1.80. The molecule has 0 aromatic heterocycles. The van der Waals surface area contributed by atoms with E-state index in [1.54, 1.807) is 0 Å². The molecule has 1 fully saturated rings. The molecule has 2 heteroatoms. The van der Waals surface area contributed by atoms with Crippen molar-refractivity contribution in [1.29, 1.82) is 0 Å². The van der Waals surface area contributed by atoms with Gasteiger partial charge in [0.05, 0.1) is 0 Å². The van der Waals surface area contributed by atoms with E-state index in [0.29, 0.717) is 0 Å². The topological polar surface area (TPSA) is 12.0 Å². The van der Waals surface area contributed by atoms with Gasteiger partial charge in [0.2, 0.25) is 0 Å². The van der Waals surface area contributed by atoms with E-state index in [1.165, 1.54) is 30.4 Å². The fourth-order valence-corrected chi connectivity index (χ4v) is 3.22. The van der Waals surface area contributed by atoms with Crippen molar-refractivity contribution in [3.8, 4) is 0 Å². The minimum Gasteiger partial charge on any atom is -0.310 e. The molecule has 0 spiro atoms. The summed E-state index contributed by atoms with van der Waals surface area (Å²) in [5.74, 6) is 0. The molecule has 0 radical (unpaired) electrons. The van der Waals surface area contributed by atoms with Crippen LogP contribution in [0.3, 0.4) is 0 Å². The molecule has 0 saturated heterocycles. The molecule has 1 aromatic carbocycles. The van der Waals surface area contributed by atoms with E-state index in [1.807, 2.05) is 11.8 Å². The average Bonchev–Trinajstić information content (AvgIpc) is 2.74. The monoisotopic (exact) mass is 235 g/mol. The lowest BCUT2D eigenvalue weighted by atomic mass is 10.1. The molecule has 2 unspecified atom stereocenters. The van der Waals surface area contributed by atoms with Crippen molar-refractivity contribution in [2.45, 2.75) is 44.0 Å². The predicted molar refractivity (Wildman–Crippen MR) is 73.0 cm³/mol. The normalized spacial score (nSPS) is 24.9. The van der Waals surface area contributed by atoms with Crippen molar-refractivity contribution in [3.05, 3.63) is 35.4 Å². The minimum atomic E-state index is 0.734. The quantitative estimate of drug-likeness (QED) is 0.859. The van der Waals surface area contributed by atoms with E-state index < -0.39 is 0 Å². The molecule has 2 rings (SSSR count). The number of hydrogen-bond acceptors (Lipinski definition) is 2. The fraction of sp³-hybridized carbons (Fsp3) is 0.571. The molecule has 1 aliphatic rings. The summed E-state index contributed by atoms with van der Waals surface area (Å²) < 4.78 is 0. The molecule has 88 valence electrons. The molecule has 1 aromatic rings. The number of rotatable bonds is 4. The van der Waals surface area contributed by atoms with Gasteiger partial charge in [-0.05, 0) is 38.0 Å². The van der Waals surface area contributed by atoms with E-state index >= 15 is 0 Å². The van der Waals surface area contributed by atoms with Crippen molar-refractivity contribution in [2.24, 2.45) is 0 Å². The zero-order valence-electron chi connectivity index (χ0n) is 10.2. The Labute approximate surface area is 103 Å². The summed E-state index contributed by atoms with van der Waals surface area (Å²) in [6, 6.07) is 9.52. The van der Waals surface area contributed by atoms with Gasteiger partial charge in [-0.15, -0.1) is 0 Å². The Morgan fingerprint density at radius 3 is 2.94 bits per heavy atom. The second kappa shape index (κ2) is 5.74. The van der Waals surface area contributed by atoms with Crippen LogP contribution in [-0.2, 0) is 6.54 Å². The highest BCUT2D eigenvalue weighted by atomic mass is 32.2. The summed E-state index contributed by atoms with van der Waals surface area (Å²) in [7, 11) is 0. The lowest BCUT2D eigenvalue weighted by Gasteiger charge is -2.12. The van der Waals surface area contributed by atoms with Crippen molar-refractivity contribution < 1.29 is 0 Å². The Bertz CT molecular complexity index is 337. The van der Waals surface area contributed by atoms with Crippen LogP contribution in [0.1, 0.15) is 30.4 Å². The lowest BCUT2D eigenvalue weighted by molar-refractivity contribution is 0.525. The predicted octanol–water partition coefficient (Wildman–Crippen LogP) is 3.37. The Kier molecular flexibility index (Phi) is 4.30. The summed E-state index contributed by atoms with van der Waals surface area (Å²) in [5.41, 5.74) is 2.76. The lowest BCUT2D eigenvalue weighted by Crippen LogP contribution is -2.26.